The van der Waals surface area contributed by atoms with Gasteiger partial charge in [-0.15, -0.1) is 0 Å². The molecule has 2 nitrogen and oxygen atoms in total. The van der Waals surface area contributed by atoms with Gasteiger partial charge in [-0.2, -0.15) is 0 Å². The Balaban J connectivity index is 3.75. The molecule has 0 bridgehead atoms. The number of rotatable bonds is 2. The highest BCUT2D eigenvalue weighted by Gasteiger charge is 1.85. The van der Waals surface area contributed by atoms with E-state index in [1.54, 1.807) is 6.08 Å². The molecule has 0 radical (unpaired) electrons. The fraction of sp³-hybridized carbons (Fsp3) is 0.500. The third kappa shape index (κ3) is 3.56. The number of ketones is 1. The number of allylic oxidation sites excluding steroid dienone is 1. The van der Waals surface area contributed by atoms with E-state index < -0.39 is 0 Å². The van der Waals surface area contributed by atoms with Crippen molar-refractivity contribution in [2.24, 2.45) is 5.73 Å². The van der Waals surface area contributed by atoms with Gasteiger partial charge in [0.25, 0.3) is 0 Å². The highest BCUT2D eigenvalue weighted by molar-refractivity contribution is 5.87. The summed E-state index contributed by atoms with van der Waals surface area (Å²) >= 11 is 0. The van der Waals surface area contributed by atoms with Crippen molar-refractivity contribution in [3.05, 3.63) is 11.6 Å². The summed E-state index contributed by atoms with van der Waals surface area (Å²) in [6, 6.07) is 0. The quantitative estimate of drug-likeness (QED) is 0.529. The zero-order valence-corrected chi connectivity index (χ0v) is 5.27. The van der Waals surface area contributed by atoms with Crippen molar-refractivity contribution in [2.45, 2.75) is 13.8 Å². The van der Waals surface area contributed by atoms with Crippen LogP contribution in [0.1, 0.15) is 13.8 Å². The number of carbonyl (C=O) groups is 1. The van der Waals surface area contributed by atoms with Crippen molar-refractivity contribution >= 4 is 5.78 Å². The second kappa shape index (κ2) is 3.38. The lowest BCUT2D eigenvalue weighted by molar-refractivity contribution is -0.112. The average Bonchev–Trinajstić information content (AvgIpc) is 1.65. The molecule has 0 aromatic carbocycles. The molecule has 0 aliphatic carbocycles. The van der Waals surface area contributed by atoms with Crippen LogP contribution >= 0.6 is 0 Å². The maximum atomic E-state index is 10.3. The van der Waals surface area contributed by atoms with Gasteiger partial charge in [-0.05, 0) is 19.9 Å². The van der Waals surface area contributed by atoms with Crippen molar-refractivity contribution in [2.75, 3.05) is 6.54 Å². The van der Waals surface area contributed by atoms with E-state index in [1.807, 2.05) is 6.92 Å². The van der Waals surface area contributed by atoms with Crippen LogP contribution in [-0.4, -0.2) is 12.3 Å². The maximum absolute atomic E-state index is 10.3. The first-order chi connectivity index (χ1) is 3.66. The predicted molar refractivity (Wildman–Crippen MR) is 33.5 cm³/mol. The summed E-state index contributed by atoms with van der Waals surface area (Å²) in [7, 11) is 0. The summed E-state index contributed by atoms with van der Waals surface area (Å²) in [6.45, 7) is 3.82. The first kappa shape index (κ1) is 7.37. The Morgan fingerprint density at radius 3 is 2.25 bits per heavy atom. The number of hydrogen-bond acceptors (Lipinski definition) is 2. The lowest BCUT2D eigenvalue weighted by atomic mass is 10.2. The topological polar surface area (TPSA) is 43.1 Å². The van der Waals surface area contributed by atoms with Crippen LogP contribution in [-0.2, 0) is 4.79 Å². The van der Waals surface area contributed by atoms with Crippen LogP contribution in [0.2, 0.25) is 0 Å². The van der Waals surface area contributed by atoms with Gasteiger partial charge in [-0.1, -0.05) is 5.57 Å². The summed E-state index contributed by atoms with van der Waals surface area (Å²) in [5.74, 6) is 0.0629. The Bertz CT molecular complexity index is 116. The molecule has 0 heterocycles. The van der Waals surface area contributed by atoms with Crippen LogP contribution < -0.4 is 5.73 Å². The SMILES string of the molecule is CC(=O)/C=C(/C)CN. The van der Waals surface area contributed by atoms with Crippen molar-refractivity contribution < 1.29 is 4.79 Å². The molecule has 8 heavy (non-hydrogen) atoms. The Morgan fingerprint density at radius 1 is 1.62 bits per heavy atom. The lowest BCUT2D eigenvalue weighted by Crippen LogP contribution is -2.01. The second-order valence-electron chi connectivity index (χ2n) is 1.81. The van der Waals surface area contributed by atoms with Crippen molar-refractivity contribution in [1.82, 2.24) is 0 Å². The normalized spacial score (nSPS) is 11.6. The largest absolute Gasteiger partial charge is 0.327 e. The zero-order valence-electron chi connectivity index (χ0n) is 5.27. The van der Waals surface area contributed by atoms with Crippen LogP contribution in [0.5, 0.6) is 0 Å². The van der Waals surface area contributed by atoms with Crippen LogP contribution in [0, 0.1) is 0 Å². The molecule has 0 saturated heterocycles. The van der Waals surface area contributed by atoms with Crippen molar-refractivity contribution in [1.29, 1.82) is 0 Å². The van der Waals surface area contributed by atoms with Crippen LogP contribution in [0.25, 0.3) is 0 Å². The van der Waals surface area contributed by atoms with E-state index in [4.69, 9.17) is 5.73 Å². The predicted octanol–water partition coefficient (Wildman–Crippen LogP) is 0.480. The zero-order chi connectivity index (χ0) is 6.57. The van der Waals surface area contributed by atoms with Crippen LogP contribution in [0.3, 0.4) is 0 Å². The molecule has 2 heteroatoms. The van der Waals surface area contributed by atoms with E-state index in [0.717, 1.165) is 5.57 Å². The van der Waals surface area contributed by atoms with Gasteiger partial charge in [0.15, 0.2) is 5.78 Å². The highest BCUT2D eigenvalue weighted by atomic mass is 16.1. The minimum atomic E-state index is 0.0629. The van der Waals surface area contributed by atoms with Gasteiger partial charge in [-0.25, -0.2) is 0 Å². The second-order valence-corrected chi connectivity index (χ2v) is 1.81. The molecular weight excluding hydrogens is 102 g/mol. The maximum Gasteiger partial charge on any atom is 0.152 e. The molecule has 0 aliphatic rings. The van der Waals surface area contributed by atoms with E-state index in [-0.39, 0.29) is 5.78 Å². The summed E-state index contributed by atoms with van der Waals surface area (Å²) in [6.07, 6.45) is 1.54. The first-order valence-corrected chi connectivity index (χ1v) is 2.54. The molecule has 0 rings (SSSR count). The summed E-state index contributed by atoms with van der Waals surface area (Å²) in [5, 5.41) is 0. The summed E-state index contributed by atoms with van der Waals surface area (Å²) in [5.41, 5.74) is 6.13. The molecule has 0 aromatic heterocycles. The fourth-order valence-electron chi connectivity index (χ4n) is 0.406. The molecule has 0 aromatic rings. The van der Waals surface area contributed by atoms with E-state index in [9.17, 15) is 4.79 Å². The Labute approximate surface area is 49.4 Å². The number of hydrogen-bond donors (Lipinski definition) is 1. The molecule has 0 amide bonds. The van der Waals surface area contributed by atoms with Crippen LogP contribution in [0.15, 0.2) is 11.6 Å². The minimum Gasteiger partial charge on any atom is -0.327 e. The van der Waals surface area contributed by atoms with Crippen molar-refractivity contribution in [3.63, 3.8) is 0 Å². The minimum absolute atomic E-state index is 0.0629. The highest BCUT2D eigenvalue weighted by Crippen LogP contribution is 1.86. The molecule has 0 unspecified atom stereocenters. The van der Waals surface area contributed by atoms with Crippen LogP contribution in [0.4, 0.5) is 0 Å². The molecule has 0 atom stereocenters. The van der Waals surface area contributed by atoms with E-state index in [0.29, 0.717) is 6.54 Å². The Kier molecular flexibility index (Phi) is 3.12. The van der Waals surface area contributed by atoms with Gasteiger partial charge in [-0.3, -0.25) is 4.79 Å². The average molecular weight is 113 g/mol. The molecule has 0 fully saturated rings. The molecule has 0 saturated carbocycles. The van der Waals surface area contributed by atoms with Gasteiger partial charge < -0.3 is 5.73 Å². The smallest absolute Gasteiger partial charge is 0.152 e. The van der Waals surface area contributed by atoms with Gasteiger partial charge in [0.05, 0.1) is 0 Å². The van der Waals surface area contributed by atoms with E-state index in [1.165, 1.54) is 6.92 Å². The van der Waals surface area contributed by atoms with Gasteiger partial charge in [0.1, 0.15) is 0 Å². The number of carbonyl (C=O) groups excluding carboxylic acids is 1. The third-order valence-electron chi connectivity index (χ3n) is 0.772. The number of nitrogens with two attached hydrogens (primary N) is 1. The van der Waals surface area contributed by atoms with Gasteiger partial charge in [0.2, 0.25) is 0 Å². The standard InChI is InChI=1S/C6H11NO/c1-5(4-7)3-6(2)8/h3H,4,7H2,1-2H3/b5-3-. The summed E-state index contributed by atoms with van der Waals surface area (Å²) < 4.78 is 0. The molecule has 2 N–H and O–H groups in total. The Hall–Kier alpha value is -0.630. The third-order valence-corrected chi connectivity index (χ3v) is 0.772. The Morgan fingerprint density at radius 2 is 2.12 bits per heavy atom. The van der Waals surface area contributed by atoms with Gasteiger partial charge in [0, 0.05) is 6.54 Å². The molecule has 0 aliphatic heterocycles. The van der Waals surface area contributed by atoms with E-state index in [2.05, 4.69) is 0 Å². The van der Waals surface area contributed by atoms with E-state index >= 15 is 0 Å². The first-order valence-electron chi connectivity index (χ1n) is 2.54. The van der Waals surface area contributed by atoms with Crippen molar-refractivity contribution in [3.8, 4) is 0 Å². The summed E-state index contributed by atoms with van der Waals surface area (Å²) in [4.78, 5) is 10.3. The monoisotopic (exact) mass is 113 g/mol. The fourth-order valence-corrected chi connectivity index (χ4v) is 0.406. The molecule has 0 spiro atoms. The lowest BCUT2D eigenvalue weighted by Gasteiger charge is -1.88. The molecular formula is C6H11NO. The van der Waals surface area contributed by atoms with Gasteiger partial charge >= 0.3 is 0 Å². The molecule has 46 valence electrons.